The first kappa shape index (κ1) is 19.2. The smallest absolute Gasteiger partial charge is 0.224 e. The van der Waals surface area contributed by atoms with Gasteiger partial charge in [-0.05, 0) is 73.4 Å². The van der Waals surface area contributed by atoms with Gasteiger partial charge in [0.25, 0.3) is 0 Å². The molecule has 0 radical (unpaired) electrons. The molecule has 1 aliphatic rings. The monoisotopic (exact) mass is 371 g/mol. The molecule has 0 heterocycles. The van der Waals surface area contributed by atoms with Crippen molar-refractivity contribution in [3.8, 4) is 11.5 Å². The van der Waals surface area contributed by atoms with Gasteiger partial charge in [0.15, 0.2) is 0 Å². The van der Waals surface area contributed by atoms with E-state index in [4.69, 9.17) is 9.47 Å². The Bertz CT molecular complexity index is 768. The normalized spacial score (nSPS) is 19.4. The largest absolute Gasteiger partial charge is 0.497 e. The minimum absolute atomic E-state index is 0.00733. The van der Waals surface area contributed by atoms with Crippen LogP contribution < -0.4 is 14.8 Å². The van der Waals surface area contributed by atoms with Gasteiger partial charge in [-0.15, -0.1) is 0 Å². The molecule has 2 aromatic rings. The van der Waals surface area contributed by atoms with Gasteiger partial charge in [0.1, 0.15) is 17.3 Å². The zero-order valence-corrected chi connectivity index (χ0v) is 15.8. The van der Waals surface area contributed by atoms with Gasteiger partial charge >= 0.3 is 0 Å². The quantitative estimate of drug-likeness (QED) is 0.764. The molecule has 1 saturated carbocycles. The first-order valence-corrected chi connectivity index (χ1v) is 9.36. The Balaban J connectivity index is 1.53. The van der Waals surface area contributed by atoms with Crippen molar-refractivity contribution >= 4 is 11.6 Å². The minimum Gasteiger partial charge on any atom is -0.497 e. The van der Waals surface area contributed by atoms with Crippen molar-refractivity contribution in [3.05, 3.63) is 53.8 Å². The summed E-state index contributed by atoms with van der Waals surface area (Å²) in [5, 5.41) is 2.85. The minimum atomic E-state index is -0.305. The fourth-order valence-electron chi connectivity index (χ4n) is 3.84. The lowest BCUT2D eigenvalue weighted by molar-refractivity contribution is -0.117. The van der Waals surface area contributed by atoms with E-state index in [1.807, 2.05) is 12.1 Å². The Hall–Kier alpha value is -2.56. The fraction of sp³-hybridized carbons (Fsp3) is 0.409. The molecule has 0 aliphatic heterocycles. The first-order chi connectivity index (χ1) is 13.1. The molecule has 1 fully saturated rings. The average molecular weight is 371 g/mol. The molecule has 0 spiro atoms. The second kappa shape index (κ2) is 8.89. The third-order valence-corrected chi connectivity index (χ3v) is 5.33. The number of rotatable bonds is 6. The van der Waals surface area contributed by atoms with E-state index in [-0.39, 0.29) is 11.7 Å². The van der Waals surface area contributed by atoms with Gasteiger partial charge in [-0.2, -0.15) is 0 Å². The third kappa shape index (κ3) is 5.00. The molecule has 5 heteroatoms. The SMILES string of the molecule is COc1ccc([C@H]2CC[C@@H](CC(=O)Nc3ccc(F)cc3)CC2)c(OC)c1. The molecule has 0 bridgehead atoms. The highest BCUT2D eigenvalue weighted by Crippen LogP contribution is 2.41. The summed E-state index contributed by atoms with van der Waals surface area (Å²) in [6.45, 7) is 0. The number of carbonyl (C=O) groups excluding carboxylic acids is 1. The van der Waals surface area contributed by atoms with E-state index < -0.39 is 0 Å². The fourth-order valence-corrected chi connectivity index (χ4v) is 3.84. The number of ether oxygens (including phenoxy) is 2. The Kier molecular flexibility index (Phi) is 6.32. The molecule has 3 rings (SSSR count). The zero-order chi connectivity index (χ0) is 19.2. The molecule has 1 amide bonds. The van der Waals surface area contributed by atoms with Crippen LogP contribution in [0.1, 0.15) is 43.6 Å². The van der Waals surface area contributed by atoms with Gasteiger partial charge in [0, 0.05) is 18.2 Å². The molecular weight excluding hydrogens is 345 g/mol. The van der Waals surface area contributed by atoms with Gasteiger partial charge in [0.05, 0.1) is 14.2 Å². The van der Waals surface area contributed by atoms with Crippen LogP contribution in [0.5, 0.6) is 11.5 Å². The summed E-state index contributed by atoms with van der Waals surface area (Å²) in [7, 11) is 3.33. The Labute approximate surface area is 159 Å². The lowest BCUT2D eigenvalue weighted by Crippen LogP contribution is -2.20. The standard InChI is InChI=1S/C22H26FNO3/c1-26-19-11-12-20(21(14-19)27-2)16-5-3-15(4-6-16)13-22(25)24-18-9-7-17(23)8-10-18/h7-12,14-16H,3-6,13H2,1-2H3,(H,24,25)/t15-,16+. The van der Waals surface area contributed by atoms with E-state index >= 15 is 0 Å². The first-order valence-electron chi connectivity index (χ1n) is 9.36. The summed E-state index contributed by atoms with van der Waals surface area (Å²) in [6, 6.07) is 11.9. The van der Waals surface area contributed by atoms with Crippen molar-refractivity contribution in [1.29, 1.82) is 0 Å². The maximum atomic E-state index is 12.9. The van der Waals surface area contributed by atoms with Gasteiger partial charge in [-0.1, -0.05) is 6.07 Å². The third-order valence-electron chi connectivity index (χ3n) is 5.33. The maximum Gasteiger partial charge on any atom is 0.224 e. The number of hydrogen-bond acceptors (Lipinski definition) is 3. The van der Waals surface area contributed by atoms with Crippen LogP contribution in [0.15, 0.2) is 42.5 Å². The van der Waals surface area contributed by atoms with Crippen LogP contribution in [0, 0.1) is 11.7 Å². The van der Waals surface area contributed by atoms with Crippen molar-refractivity contribution < 1.29 is 18.7 Å². The van der Waals surface area contributed by atoms with Crippen molar-refractivity contribution in [3.63, 3.8) is 0 Å². The van der Waals surface area contributed by atoms with Gasteiger partial charge < -0.3 is 14.8 Å². The number of anilines is 1. The molecule has 27 heavy (non-hydrogen) atoms. The molecule has 0 aromatic heterocycles. The van der Waals surface area contributed by atoms with E-state index in [2.05, 4.69) is 11.4 Å². The van der Waals surface area contributed by atoms with Gasteiger partial charge in [-0.25, -0.2) is 4.39 Å². The van der Waals surface area contributed by atoms with E-state index in [0.29, 0.717) is 23.9 Å². The van der Waals surface area contributed by atoms with Gasteiger partial charge in [-0.3, -0.25) is 4.79 Å². The van der Waals surface area contributed by atoms with Crippen molar-refractivity contribution in [2.24, 2.45) is 5.92 Å². The molecule has 2 aromatic carbocycles. The van der Waals surface area contributed by atoms with E-state index in [1.165, 1.54) is 17.7 Å². The van der Waals surface area contributed by atoms with E-state index in [0.717, 1.165) is 37.2 Å². The summed E-state index contributed by atoms with van der Waals surface area (Å²) in [4.78, 5) is 12.2. The number of methoxy groups -OCH3 is 2. The molecule has 144 valence electrons. The maximum absolute atomic E-state index is 12.9. The predicted octanol–water partition coefficient (Wildman–Crippen LogP) is 5.15. The molecule has 4 nitrogen and oxygen atoms in total. The number of benzene rings is 2. The second-order valence-electron chi connectivity index (χ2n) is 7.08. The van der Waals surface area contributed by atoms with Crippen LogP contribution >= 0.6 is 0 Å². The lowest BCUT2D eigenvalue weighted by Gasteiger charge is -2.29. The lowest BCUT2D eigenvalue weighted by atomic mass is 9.77. The van der Waals surface area contributed by atoms with Crippen LogP contribution in [0.3, 0.4) is 0 Å². The summed E-state index contributed by atoms with van der Waals surface area (Å²) in [6.07, 6.45) is 4.60. The second-order valence-corrected chi connectivity index (χ2v) is 7.08. The van der Waals surface area contributed by atoms with Crippen LogP contribution in [-0.2, 0) is 4.79 Å². The van der Waals surface area contributed by atoms with Crippen LogP contribution in [0.25, 0.3) is 0 Å². The Morgan fingerprint density at radius 1 is 1.04 bits per heavy atom. The number of amides is 1. The van der Waals surface area contributed by atoms with E-state index in [9.17, 15) is 9.18 Å². The number of nitrogens with one attached hydrogen (secondary N) is 1. The highest BCUT2D eigenvalue weighted by atomic mass is 19.1. The van der Waals surface area contributed by atoms with Crippen LogP contribution in [0.4, 0.5) is 10.1 Å². The zero-order valence-electron chi connectivity index (χ0n) is 15.8. The van der Waals surface area contributed by atoms with Crippen LogP contribution in [-0.4, -0.2) is 20.1 Å². The molecule has 1 aliphatic carbocycles. The Morgan fingerprint density at radius 2 is 1.74 bits per heavy atom. The molecule has 1 N–H and O–H groups in total. The van der Waals surface area contributed by atoms with Crippen molar-refractivity contribution in [2.45, 2.75) is 38.0 Å². The Morgan fingerprint density at radius 3 is 2.37 bits per heavy atom. The van der Waals surface area contributed by atoms with Crippen molar-refractivity contribution in [1.82, 2.24) is 0 Å². The van der Waals surface area contributed by atoms with Crippen molar-refractivity contribution in [2.75, 3.05) is 19.5 Å². The van der Waals surface area contributed by atoms with Crippen LogP contribution in [0.2, 0.25) is 0 Å². The van der Waals surface area contributed by atoms with Gasteiger partial charge in [0.2, 0.25) is 5.91 Å². The summed E-state index contributed by atoms with van der Waals surface area (Å²) >= 11 is 0. The predicted molar refractivity (Wildman–Crippen MR) is 104 cm³/mol. The average Bonchev–Trinajstić information content (AvgIpc) is 2.70. The topological polar surface area (TPSA) is 47.6 Å². The molecule has 0 atom stereocenters. The van der Waals surface area contributed by atoms with E-state index in [1.54, 1.807) is 26.4 Å². The highest BCUT2D eigenvalue weighted by Gasteiger charge is 2.26. The summed E-state index contributed by atoms with van der Waals surface area (Å²) in [5.41, 5.74) is 1.85. The number of carbonyl (C=O) groups is 1. The summed E-state index contributed by atoms with van der Waals surface area (Å²) in [5.74, 6) is 2.18. The molecular formula is C22H26FNO3. The summed E-state index contributed by atoms with van der Waals surface area (Å²) < 4.78 is 23.7. The number of hydrogen-bond donors (Lipinski definition) is 1. The molecule has 0 saturated heterocycles. The highest BCUT2D eigenvalue weighted by molar-refractivity contribution is 5.90. The number of halogens is 1. The molecule has 0 unspecified atom stereocenters.